The SMILES string of the molecule is COc1ccc(C(=O)N2CCn3nc(C(O)c4ccccc4)cc3C2)o1. The van der Waals surface area contributed by atoms with Crippen molar-refractivity contribution in [1.29, 1.82) is 0 Å². The molecule has 0 saturated carbocycles. The normalized spacial score (nSPS) is 14.8. The molecule has 3 aromatic rings. The summed E-state index contributed by atoms with van der Waals surface area (Å²) in [7, 11) is 1.49. The number of ether oxygens (including phenoxy) is 1. The lowest BCUT2D eigenvalue weighted by atomic mass is 10.1. The topological polar surface area (TPSA) is 80.7 Å². The van der Waals surface area contributed by atoms with Crippen LogP contribution in [0.4, 0.5) is 0 Å². The van der Waals surface area contributed by atoms with Crippen molar-refractivity contribution in [3.05, 3.63) is 71.2 Å². The average Bonchev–Trinajstić information content (AvgIpc) is 3.33. The van der Waals surface area contributed by atoms with Gasteiger partial charge in [-0.15, -0.1) is 0 Å². The van der Waals surface area contributed by atoms with Crippen LogP contribution < -0.4 is 4.74 Å². The maximum Gasteiger partial charge on any atom is 0.290 e. The van der Waals surface area contributed by atoms with Gasteiger partial charge in [-0.05, 0) is 17.7 Å². The number of benzene rings is 1. The summed E-state index contributed by atoms with van der Waals surface area (Å²) in [5.41, 5.74) is 2.26. The van der Waals surface area contributed by atoms with E-state index in [2.05, 4.69) is 5.10 Å². The van der Waals surface area contributed by atoms with Gasteiger partial charge in [-0.25, -0.2) is 0 Å². The van der Waals surface area contributed by atoms with Gasteiger partial charge < -0.3 is 19.2 Å². The van der Waals surface area contributed by atoms with Crippen LogP contribution in [0.25, 0.3) is 0 Å². The second kappa shape index (κ2) is 6.68. The van der Waals surface area contributed by atoms with Gasteiger partial charge >= 0.3 is 0 Å². The van der Waals surface area contributed by atoms with E-state index in [-0.39, 0.29) is 11.7 Å². The third-order valence-electron chi connectivity index (χ3n) is 4.49. The zero-order valence-corrected chi connectivity index (χ0v) is 14.3. The first-order chi connectivity index (χ1) is 12.7. The summed E-state index contributed by atoms with van der Waals surface area (Å²) in [6.07, 6.45) is -0.784. The smallest absolute Gasteiger partial charge is 0.290 e. The van der Waals surface area contributed by atoms with E-state index in [1.54, 1.807) is 17.0 Å². The van der Waals surface area contributed by atoms with Crippen molar-refractivity contribution in [2.24, 2.45) is 0 Å². The summed E-state index contributed by atoms with van der Waals surface area (Å²) < 4.78 is 12.2. The van der Waals surface area contributed by atoms with E-state index in [9.17, 15) is 9.90 Å². The lowest BCUT2D eigenvalue weighted by Crippen LogP contribution is -2.38. The van der Waals surface area contributed by atoms with Crippen LogP contribution in [0.15, 0.2) is 52.9 Å². The highest BCUT2D eigenvalue weighted by Crippen LogP contribution is 2.25. The van der Waals surface area contributed by atoms with Gasteiger partial charge in [-0.3, -0.25) is 9.48 Å². The largest absolute Gasteiger partial charge is 0.468 e. The van der Waals surface area contributed by atoms with Crippen molar-refractivity contribution in [1.82, 2.24) is 14.7 Å². The molecule has 3 heterocycles. The van der Waals surface area contributed by atoms with Gasteiger partial charge in [-0.1, -0.05) is 30.3 Å². The fourth-order valence-electron chi connectivity index (χ4n) is 3.10. The van der Waals surface area contributed by atoms with E-state index in [0.29, 0.717) is 31.3 Å². The molecule has 134 valence electrons. The fourth-order valence-corrected chi connectivity index (χ4v) is 3.10. The lowest BCUT2D eigenvalue weighted by molar-refractivity contribution is 0.0667. The molecule has 0 bridgehead atoms. The van der Waals surface area contributed by atoms with E-state index in [0.717, 1.165) is 11.3 Å². The Bertz CT molecular complexity index is 916. The predicted molar refractivity (Wildman–Crippen MR) is 92.7 cm³/mol. The maximum atomic E-state index is 12.6. The third kappa shape index (κ3) is 2.97. The van der Waals surface area contributed by atoms with Gasteiger partial charge in [0.1, 0.15) is 6.10 Å². The van der Waals surface area contributed by atoms with Crippen molar-refractivity contribution in [2.45, 2.75) is 19.2 Å². The van der Waals surface area contributed by atoms with Crippen molar-refractivity contribution in [2.75, 3.05) is 13.7 Å². The van der Waals surface area contributed by atoms with Crippen LogP contribution >= 0.6 is 0 Å². The van der Waals surface area contributed by atoms with E-state index in [1.807, 2.05) is 41.1 Å². The summed E-state index contributed by atoms with van der Waals surface area (Å²) in [5.74, 6) is 0.369. The Morgan fingerprint density at radius 2 is 2.04 bits per heavy atom. The number of aromatic nitrogens is 2. The highest BCUT2D eigenvalue weighted by Gasteiger charge is 2.26. The minimum atomic E-state index is -0.784. The molecule has 1 N–H and O–H groups in total. The van der Waals surface area contributed by atoms with E-state index in [4.69, 9.17) is 9.15 Å². The molecule has 1 atom stereocenters. The van der Waals surface area contributed by atoms with Crippen LogP contribution in [0.3, 0.4) is 0 Å². The molecule has 4 rings (SSSR count). The molecule has 0 fully saturated rings. The number of fused-ring (bicyclic) bond motifs is 1. The maximum absolute atomic E-state index is 12.6. The van der Waals surface area contributed by atoms with E-state index >= 15 is 0 Å². The van der Waals surface area contributed by atoms with Crippen molar-refractivity contribution in [3.8, 4) is 5.95 Å². The number of carbonyl (C=O) groups is 1. The van der Waals surface area contributed by atoms with E-state index < -0.39 is 6.10 Å². The molecule has 2 aromatic heterocycles. The molecule has 1 amide bonds. The number of aliphatic hydroxyl groups is 1. The zero-order chi connectivity index (χ0) is 18.1. The highest BCUT2D eigenvalue weighted by atomic mass is 16.6. The molecular weight excluding hydrogens is 334 g/mol. The molecule has 0 saturated heterocycles. The Morgan fingerprint density at radius 3 is 2.77 bits per heavy atom. The Hall–Kier alpha value is -3.06. The van der Waals surface area contributed by atoms with Crippen LogP contribution in [-0.2, 0) is 13.1 Å². The molecule has 1 aromatic carbocycles. The number of aliphatic hydroxyl groups excluding tert-OH is 1. The number of hydrogen-bond donors (Lipinski definition) is 1. The van der Waals surface area contributed by atoms with Gasteiger partial charge in [0.05, 0.1) is 31.6 Å². The van der Waals surface area contributed by atoms with Gasteiger partial charge in [0.15, 0.2) is 5.76 Å². The Kier molecular flexibility index (Phi) is 4.22. The van der Waals surface area contributed by atoms with Gasteiger partial charge in [-0.2, -0.15) is 5.10 Å². The Labute approximate surface area is 150 Å². The number of methoxy groups -OCH3 is 1. The van der Waals surface area contributed by atoms with Crippen molar-refractivity contribution in [3.63, 3.8) is 0 Å². The first kappa shape index (κ1) is 16.4. The fraction of sp³-hybridized carbons (Fsp3) is 0.263. The van der Waals surface area contributed by atoms with E-state index in [1.165, 1.54) is 7.11 Å². The molecular formula is C19H19N3O4. The number of furan rings is 1. The third-order valence-corrected chi connectivity index (χ3v) is 4.49. The molecule has 0 radical (unpaired) electrons. The number of rotatable bonds is 4. The van der Waals surface area contributed by atoms with Gasteiger partial charge in [0.2, 0.25) is 0 Å². The molecule has 7 heteroatoms. The van der Waals surface area contributed by atoms with Crippen LogP contribution in [-0.4, -0.2) is 39.3 Å². The Morgan fingerprint density at radius 1 is 1.23 bits per heavy atom. The minimum Gasteiger partial charge on any atom is -0.468 e. The number of amides is 1. The van der Waals surface area contributed by atoms with Gasteiger partial charge in [0.25, 0.3) is 11.9 Å². The monoisotopic (exact) mass is 353 g/mol. The molecule has 26 heavy (non-hydrogen) atoms. The molecule has 7 nitrogen and oxygen atoms in total. The molecule has 0 spiro atoms. The Balaban J connectivity index is 1.52. The number of carbonyl (C=O) groups excluding carboxylic acids is 1. The van der Waals surface area contributed by atoms with Crippen LogP contribution in [0, 0.1) is 0 Å². The first-order valence-corrected chi connectivity index (χ1v) is 8.38. The molecule has 1 unspecified atom stereocenters. The summed E-state index contributed by atoms with van der Waals surface area (Å²) >= 11 is 0. The summed E-state index contributed by atoms with van der Waals surface area (Å²) in [4.78, 5) is 14.3. The van der Waals surface area contributed by atoms with Crippen molar-refractivity contribution < 1.29 is 19.1 Å². The summed E-state index contributed by atoms with van der Waals surface area (Å²) in [6.45, 7) is 1.51. The minimum absolute atomic E-state index is 0.189. The standard InChI is InChI=1S/C19H19N3O4/c1-25-17-8-7-16(26-17)19(24)21-9-10-22-14(12-21)11-15(20-22)18(23)13-5-3-2-4-6-13/h2-8,11,18,23H,9-10,12H2,1H3. The number of nitrogens with zero attached hydrogens (tertiary/aromatic N) is 3. The van der Waals surface area contributed by atoms with Gasteiger partial charge in [0, 0.05) is 12.6 Å². The quantitative estimate of drug-likeness (QED) is 0.778. The second-order valence-corrected chi connectivity index (χ2v) is 6.15. The van der Waals surface area contributed by atoms with Crippen LogP contribution in [0.1, 0.15) is 33.6 Å². The number of hydrogen-bond acceptors (Lipinski definition) is 5. The molecule has 0 aliphatic carbocycles. The zero-order valence-electron chi connectivity index (χ0n) is 14.3. The van der Waals surface area contributed by atoms with Crippen LogP contribution in [0.2, 0.25) is 0 Å². The summed E-state index contributed by atoms with van der Waals surface area (Å²) in [6, 6.07) is 14.5. The molecule has 1 aliphatic heterocycles. The first-order valence-electron chi connectivity index (χ1n) is 8.38. The average molecular weight is 353 g/mol. The van der Waals surface area contributed by atoms with Crippen LogP contribution in [0.5, 0.6) is 5.95 Å². The van der Waals surface area contributed by atoms with Crippen molar-refractivity contribution >= 4 is 5.91 Å². The lowest BCUT2D eigenvalue weighted by Gasteiger charge is -2.26. The predicted octanol–water partition coefficient (Wildman–Crippen LogP) is 2.22. The second-order valence-electron chi connectivity index (χ2n) is 6.15. The highest BCUT2D eigenvalue weighted by molar-refractivity contribution is 5.91. The molecule has 1 aliphatic rings. The summed E-state index contributed by atoms with van der Waals surface area (Å²) in [5, 5.41) is 15.0.